The van der Waals surface area contributed by atoms with E-state index in [1.807, 2.05) is 18.5 Å². The Balaban J connectivity index is 1.21. The fraction of sp³-hybridized carbons (Fsp3) is 0.538. The molecule has 272 valence electrons. The van der Waals surface area contributed by atoms with Crippen LogP contribution in [0.15, 0.2) is 60.9 Å². The zero-order valence-electron chi connectivity index (χ0n) is 29.4. The van der Waals surface area contributed by atoms with Crippen LogP contribution in [0.25, 0.3) is 11.1 Å². The van der Waals surface area contributed by atoms with Crippen LogP contribution in [0.4, 0.5) is 0 Å². The molecule has 0 radical (unpaired) electrons. The molecule has 2 saturated carbocycles. The number of aliphatic hydroxyl groups excluding tert-OH is 5. The summed E-state index contributed by atoms with van der Waals surface area (Å²) < 4.78 is 11.4. The Bertz CT molecular complexity index is 1560. The van der Waals surface area contributed by atoms with Crippen molar-refractivity contribution in [1.29, 1.82) is 0 Å². The Labute approximate surface area is 294 Å². The van der Waals surface area contributed by atoms with Crippen molar-refractivity contribution in [3.63, 3.8) is 0 Å². The number of aliphatic hydroxyl groups is 5. The molecule has 11 heteroatoms. The summed E-state index contributed by atoms with van der Waals surface area (Å²) in [5.74, 6) is 0.334. The van der Waals surface area contributed by atoms with Crippen LogP contribution in [0.2, 0.25) is 0 Å². The highest BCUT2D eigenvalue weighted by Gasteiger charge is 2.46. The van der Waals surface area contributed by atoms with Gasteiger partial charge < -0.3 is 45.2 Å². The molecule has 2 fully saturated rings. The number of benzene rings is 2. The van der Waals surface area contributed by atoms with Crippen molar-refractivity contribution in [2.75, 3.05) is 33.4 Å². The summed E-state index contributed by atoms with van der Waals surface area (Å²) in [6, 6.07) is 16.9. The highest BCUT2D eigenvalue weighted by molar-refractivity contribution is 5.81. The molecule has 11 nitrogen and oxygen atoms in total. The number of carbonyl (C=O) groups is 1. The van der Waals surface area contributed by atoms with Gasteiger partial charge in [0.25, 0.3) is 5.91 Å². The maximum Gasteiger partial charge on any atom is 0.254 e. The summed E-state index contributed by atoms with van der Waals surface area (Å²) in [4.78, 5) is 19.0. The summed E-state index contributed by atoms with van der Waals surface area (Å²) in [5.41, 5.74) is 6.90. The molecule has 50 heavy (non-hydrogen) atoms. The van der Waals surface area contributed by atoms with E-state index in [0.29, 0.717) is 25.6 Å². The Morgan fingerprint density at radius 3 is 2.50 bits per heavy atom. The van der Waals surface area contributed by atoms with Gasteiger partial charge in [-0.1, -0.05) is 43.3 Å². The summed E-state index contributed by atoms with van der Waals surface area (Å²) in [5, 5.41) is 53.3. The van der Waals surface area contributed by atoms with Crippen molar-refractivity contribution >= 4 is 5.91 Å². The molecule has 2 aromatic carbocycles. The normalized spacial score (nSPS) is 18.2. The van der Waals surface area contributed by atoms with Gasteiger partial charge in [-0.25, -0.2) is 0 Å². The van der Waals surface area contributed by atoms with E-state index < -0.39 is 36.9 Å². The first kappa shape index (κ1) is 37.8. The molecule has 0 spiro atoms. The van der Waals surface area contributed by atoms with Crippen LogP contribution in [-0.2, 0) is 21.6 Å². The van der Waals surface area contributed by atoms with Crippen molar-refractivity contribution in [2.24, 2.45) is 0 Å². The minimum Gasteiger partial charge on any atom is -0.490 e. The number of nitrogens with one attached hydrogen (secondary N) is 1. The van der Waals surface area contributed by atoms with Gasteiger partial charge in [0.2, 0.25) is 0 Å². The SMILES string of the molecule is COCCN(CCCC(C)c1ccc(C)c(CNC2(c3cnccc3-c3ccccc3OC3CC3)CC2)c1)C(=O)[C@@H](O)[C@@H](O)[C@H](O)[C@@H](O)CO. The van der Waals surface area contributed by atoms with Crippen LogP contribution >= 0.6 is 0 Å². The third-order valence-electron chi connectivity index (χ3n) is 10.1. The highest BCUT2D eigenvalue weighted by atomic mass is 16.5. The fourth-order valence-electron chi connectivity index (χ4n) is 6.43. The second-order valence-corrected chi connectivity index (χ2v) is 13.9. The van der Waals surface area contributed by atoms with E-state index in [9.17, 15) is 25.2 Å². The Morgan fingerprint density at radius 1 is 1.04 bits per heavy atom. The number of nitrogens with zero attached hydrogens (tertiary/aromatic N) is 2. The zero-order valence-corrected chi connectivity index (χ0v) is 29.4. The topological polar surface area (TPSA) is 165 Å². The molecule has 1 aromatic heterocycles. The Hall–Kier alpha value is -3.42. The number of aromatic nitrogens is 1. The number of pyridine rings is 1. The molecular weight excluding hydrogens is 638 g/mol. The number of hydrogen-bond donors (Lipinski definition) is 6. The second-order valence-electron chi connectivity index (χ2n) is 13.9. The van der Waals surface area contributed by atoms with E-state index >= 15 is 0 Å². The minimum atomic E-state index is -1.96. The standard InChI is InChI=1S/C39H53N3O8/c1-25(7-6-18-42(19-20-49-3)38(48)37(47)36(46)35(45)33(44)24-43)27-11-10-26(2)28(21-27)22-41-39(15-16-39)32-23-40-17-14-30(32)31-8-4-5-9-34(31)50-29-12-13-29/h4-5,8-11,14,17,21,23,25,29,33,35-37,41,43-47H,6-7,12-13,15-16,18-20,22,24H2,1-3H3/t25?,33-,35+,36-,37-/m0/s1. The number of methoxy groups -OCH3 is 1. The molecular formula is C39H53N3O8. The number of hydrogen-bond acceptors (Lipinski definition) is 10. The number of amides is 1. The zero-order chi connectivity index (χ0) is 35.8. The van der Waals surface area contributed by atoms with Crippen molar-refractivity contribution in [1.82, 2.24) is 15.2 Å². The average Bonchev–Trinajstić information content (AvgIpc) is 4.09. The highest BCUT2D eigenvalue weighted by Crippen LogP contribution is 2.50. The predicted molar refractivity (Wildman–Crippen MR) is 189 cm³/mol. The summed E-state index contributed by atoms with van der Waals surface area (Å²) in [6.45, 7) is 4.88. The molecule has 2 aliphatic rings. The largest absolute Gasteiger partial charge is 0.490 e. The first-order chi connectivity index (χ1) is 24.1. The van der Waals surface area contributed by atoms with E-state index in [1.54, 1.807) is 0 Å². The van der Waals surface area contributed by atoms with Crippen LogP contribution in [0.1, 0.15) is 73.6 Å². The molecule has 1 amide bonds. The third kappa shape index (κ3) is 9.27. The fourth-order valence-corrected chi connectivity index (χ4v) is 6.43. The Kier molecular flexibility index (Phi) is 13.0. The summed E-state index contributed by atoms with van der Waals surface area (Å²) in [7, 11) is 1.51. The van der Waals surface area contributed by atoms with Crippen molar-refractivity contribution in [3.05, 3.63) is 83.2 Å². The molecule has 2 aliphatic carbocycles. The smallest absolute Gasteiger partial charge is 0.254 e. The van der Waals surface area contributed by atoms with Crippen molar-refractivity contribution < 1.29 is 39.8 Å². The van der Waals surface area contributed by atoms with Gasteiger partial charge in [0.05, 0.1) is 19.3 Å². The maximum atomic E-state index is 13.0. The predicted octanol–water partition coefficient (Wildman–Crippen LogP) is 3.17. The van der Waals surface area contributed by atoms with E-state index in [1.165, 1.54) is 34.3 Å². The van der Waals surface area contributed by atoms with Crippen LogP contribution in [0, 0.1) is 6.92 Å². The first-order valence-corrected chi connectivity index (χ1v) is 17.7. The molecule has 1 heterocycles. The van der Waals surface area contributed by atoms with Gasteiger partial charge in [-0.05, 0) is 91.3 Å². The summed E-state index contributed by atoms with van der Waals surface area (Å²) in [6.07, 6.45) is 2.33. The van der Waals surface area contributed by atoms with Gasteiger partial charge in [0.1, 0.15) is 24.1 Å². The van der Waals surface area contributed by atoms with Crippen LogP contribution in [0.3, 0.4) is 0 Å². The van der Waals surface area contributed by atoms with Crippen molar-refractivity contribution in [2.45, 2.75) is 101 Å². The number of ether oxygens (including phenoxy) is 2. The first-order valence-electron chi connectivity index (χ1n) is 17.7. The van der Waals surface area contributed by atoms with Gasteiger partial charge in [-0.15, -0.1) is 0 Å². The molecule has 5 atom stereocenters. The number of rotatable bonds is 20. The monoisotopic (exact) mass is 691 g/mol. The van der Waals surface area contributed by atoms with E-state index in [4.69, 9.17) is 14.6 Å². The quantitative estimate of drug-likeness (QED) is 0.104. The molecule has 1 unspecified atom stereocenters. The minimum absolute atomic E-state index is 0.160. The lowest BCUT2D eigenvalue weighted by atomic mass is 9.92. The van der Waals surface area contributed by atoms with Crippen LogP contribution in [-0.4, -0.2) is 105 Å². The lowest BCUT2D eigenvalue weighted by Crippen LogP contribution is -2.53. The number of carbonyl (C=O) groups excluding carboxylic acids is 1. The number of para-hydroxylation sites is 1. The molecule has 3 aromatic rings. The van der Waals surface area contributed by atoms with Gasteiger partial charge in [-0.2, -0.15) is 0 Å². The lowest BCUT2D eigenvalue weighted by Gasteiger charge is -2.30. The number of aryl methyl sites for hydroxylation is 1. The van der Waals surface area contributed by atoms with Crippen molar-refractivity contribution in [3.8, 4) is 16.9 Å². The molecule has 0 saturated heterocycles. The van der Waals surface area contributed by atoms with Crippen LogP contribution in [0.5, 0.6) is 5.75 Å². The van der Waals surface area contributed by atoms with Gasteiger partial charge >= 0.3 is 0 Å². The molecule has 5 rings (SSSR count). The maximum absolute atomic E-state index is 13.0. The van der Waals surface area contributed by atoms with Gasteiger partial charge in [0, 0.05) is 50.2 Å². The Morgan fingerprint density at radius 2 is 1.80 bits per heavy atom. The van der Waals surface area contributed by atoms with E-state index in [2.05, 4.69) is 66.6 Å². The molecule has 0 bridgehead atoms. The third-order valence-corrected chi connectivity index (χ3v) is 10.1. The summed E-state index contributed by atoms with van der Waals surface area (Å²) >= 11 is 0. The lowest BCUT2D eigenvalue weighted by molar-refractivity contribution is -0.159. The van der Waals surface area contributed by atoms with Crippen LogP contribution < -0.4 is 10.1 Å². The molecule has 6 N–H and O–H groups in total. The van der Waals surface area contributed by atoms with Gasteiger partial charge in [-0.3, -0.25) is 9.78 Å². The second kappa shape index (κ2) is 17.2. The van der Waals surface area contributed by atoms with Gasteiger partial charge in [0.15, 0.2) is 6.10 Å². The van der Waals surface area contributed by atoms with E-state index in [-0.39, 0.29) is 24.6 Å². The van der Waals surface area contributed by atoms with E-state index in [0.717, 1.165) is 49.0 Å². The average molecular weight is 692 g/mol. The molecule has 0 aliphatic heterocycles.